The van der Waals surface area contributed by atoms with E-state index < -0.39 is 0 Å². The van der Waals surface area contributed by atoms with E-state index in [-0.39, 0.29) is 13.2 Å². The fourth-order valence-electron chi connectivity index (χ4n) is 0.382. The van der Waals surface area contributed by atoms with Gasteiger partial charge >= 0.3 is 0 Å². The summed E-state index contributed by atoms with van der Waals surface area (Å²) in [5.41, 5.74) is 0. The van der Waals surface area contributed by atoms with Gasteiger partial charge in [-0.15, -0.1) is 0 Å². The van der Waals surface area contributed by atoms with E-state index in [2.05, 4.69) is 4.74 Å². The van der Waals surface area contributed by atoms with Gasteiger partial charge in [0.2, 0.25) is 0 Å². The number of hydrogen-bond acceptors (Lipinski definition) is 5. The second-order valence-corrected chi connectivity index (χ2v) is 1.70. The van der Waals surface area contributed by atoms with Gasteiger partial charge in [0.15, 0.2) is 0 Å². The first-order valence-electron chi connectivity index (χ1n) is 3.54. The lowest BCUT2D eigenvalue weighted by molar-refractivity contribution is 0.160. The van der Waals surface area contributed by atoms with Crippen LogP contribution in [0.3, 0.4) is 0 Å². The second kappa shape index (κ2) is 10.4. The van der Waals surface area contributed by atoms with Crippen LogP contribution < -0.4 is 0 Å². The minimum atomic E-state index is -0.0371. The van der Waals surface area contributed by atoms with Crippen molar-refractivity contribution >= 4 is 0 Å². The number of ether oxygens (including phenoxy) is 3. The van der Waals surface area contributed by atoms with Gasteiger partial charge in [0, 0.05) is 0 Å². The molecule has 5 nitrogen and oxygen atoms in total. The molecule has 0 fully saturated rings. The van der Waals surface area contributed by atoms with E-state index >= 15 is 0 Å². The Labute approximate surface area is 76.2 Å². The molecule has 0 heterocycles. The Morgan fingerprint density at radius 2 is 1.54 bits per heavy atom. The highest BCUT2D eigenvalue weighted by Crippen LogP contribution is 1.84. The van der Waals surface area contributed by atoms with Crippen LogP contribution in [-0.4, -0.2) is 23.4 Å². The Morgan fingerprint density at radius 3 is 2.15 bits per heavy atom. The second-order valence-electron chi connectivity index (χ2n) is 1.70. The number of rotatable bonds is 7. The largest absolute Gasteiger partial charge is 0.512 e. The van der Waals surface area contributed by atoms with Crippen LogP contribution in [0.4, 0.5) is 0 Å². The van der Waals surface area contributed by atoms with E-state index in [0.717, 1.165) is 12.5 Å². The molecule has 13 heavy (non-hydrogen) atoms. The molecule has 5 heteroatoms. The molecule has 0 aromatic heterocycles. The molecule has 0 radical (unpaired) electrons. The Morgan fingerprint density at radius 1 is 0.923 bits per heavy atom. The minimum absolute atomic E-state index is 0.0371. The van der Waals surface area contributed by atoms with Crippen molar-refractivity contribution in [3.63, 3.8) is 0 Å². The standard InChI is InChI=1S/C8H12O5/c9-1-3-11-5-7-13-8-6-12-4-2-10/h1,3,5-10H,2,4H2/b3-1+,7-5+,8-6+. The average Bonchev–Trinajstić information content (AvgIpc) is 2.16. The molecule has 0 unspecified atom stereocenters. The summed E-state index contributed by atoms with van der Waals surface area (Å²) in [5, 5.41) is 16.4. The Kier molecular flexibility index (Phi) is 9.09. The zero-order valence-electron chi connectivity index (χ0n) is 7.00. The van der Waals surface area contributed by atoms with Gasteiger partial charge in [-0.3, -0.25) is 0 Å². The van der Waals surface area contributed by atoms with E-state index in [1.54, 1.807) is 0 Å². The van der Waals surface area contributed by atoms with Crippen molar-refractivity contribution < 1.29 is 24.4 Å². The predicted octanol–water partition coefficient (Wildman–Crippen LogP) is 1.00. The molecule has 0 spiro atoms. The van der Waals surface area contributed by atoms with Gasteiger partial charge in [0.1, 0.15) is 44.2 Å². The monoisotopic (exact) mass is 188 g/mol. The lowest BCUT2D eigenvalue weighted by atomic mass is 10.8. The Bertz CT molecular complexity index is 173. The minimum Gasteiger partial charge on any atom is -0.512 e. The lowest BCUT2D eigenvalue weighted by Gasteiger charge is -1.94. The first-order chi connectivity index (χ1) is 6.41. The highest BCUT2D eigenvalue weighted by molar-refractivity contribution is 4.72. The molecule has 0 amide bonds. The maximum absolute atomic E-state index is 8.30. The molecule has 0 bridgehead atoms. The van der Waals surface area contributed by atoms with Crippen molar-refractivity contribution in [1.29, 1.82) is 0 Å². The number of aliphatic hydroxyl groups is 2. The molecule has 0 aliphatic rings. The van der Waals surface area contributed by atoms with Crippen LogP contribution in [0.5, 0.6) is 0 Å². The summed E-state index contributed by atoms with van der Waals surface area (Å²) in [6.07, 6.45) is 6.87. The van der Waals surface area contributed by atoms with E-state index in [4.69, 9.17) is 19.7 Å². The van der Waals surface area contributed by atoms with Crippen LogP contribution in [-0.2, 0) is 14.2 Å². The average molecular weight is 188 g/mol. The molecule has 0 rings (SSSR count). The van der Waals surface area contributed by atoms with Gasteiger partial charge < -0.3 is 24.4 Å². The summed E-state index contributed by atoms with van der Waals surface area (Å²) >= 11 is 0. The molecule has 0 saturated heterocycles. The fourth-order valence-corrected chi connectivity index (χ4v) is 0.382. The zero-order chi connectivity index (χ0) is 9.78. The highest BCUT2D eigenvalue weighted by Gasteiger charge is 1.75. The van der Waals surface area contributed by atoms with Gasteiger partial charge in [0.05, 0.1) is 6.61 Å². The van der Waals surface area contributed by atoms with E-state index in [9.17, 15) is 0 Å². The van der Waals surface area contributed by atoms with Gasteiger partial charge in [0.25, 0.3) is 0 Å². The summed E-state index contributed by atoms with van der Waals surface area (Å²) in [7, 11) is 0. The van der Waals surface area contributed by atoms with Crippen molar-refractivity contribution in [2.45, 2.75) is 0 Å². The molecular formula is C8H12O5. The summed E-state index contributed by atoms with van der Waals surface area (Å²) in [5.74, 6) is 0. The van der Waals surface area contributed by atoms with Gasteiger partial charge in [-0.25, -0.2) is 0 Å². The molecule has 0 aromatic carbocycles. The van der Waals surface area contributed by atoms with Crippen molar-refractivity contribution in [1.82, 2.24) is 0 Å². The fraction of sp³-hybridized carbons (Fsp3) is 0.250. The maximum atomic E-state index is 8.30. The van der Waals surface area contributed by atoms with Crippen molar-refractivity contribution in [3.8, 4) is 0 Å². The summed E-state index contributed by atoms with van der Waals surface area (Å²) < 4.78 is 14.0. The first kappa shape index (κ1) is 11.4. The third-order valence-corrected chi connectivity index (χ3v) is 0.792. The Hall–Kier alpha value is -1.62. The van der Waals surface area contributed by atoms with Gasteiger partial charge in [-0.2, -0.15) is 0 Å². The highest BCUT2D eigenvalue weighted by atomic mass is 16.5. The maximum Gasteiger partial charge on any atom is 0.125 e. The first-order valence-corrected chi connectivity index (χ1v) is 3.54. The lowest BCUT2D eigenvalue weighted by Crippen LogP contribution is -1.91. The topological polar surface area (TPSA) is 68.2 Å². The van der Waals surface area contributed by atoms with Crippen molar-refractivity contribution in [2.75, 3.05) is 13.2 Å². The third kappa shape index (κ3) is 10.4. The SMILES string of the molecule is O/C=C/O/C=C/O/C=C/OCCO. The van der Waals surface area contributed by atoms with Gasteiger partial charge in [-0.1, -0.05) is 0 Å². The van der Waals surface area contributed by atoms with Crippen LogP contribution in [0.25, 0.3) is 0 Å². The number of aliphatic hydroxyl groups excluding tert-OH is 2. The van der Waals surface area contributed by atoms with Crippen LogP contribution >= 0.6 is 0 Å². The molecule has 0 saturated carbocycles. The predicted molar refractivity (Wildman–Crippen MR) is 45.3 cm³/mol. The van der Waals surface area contributed by atoms with Crippen LogP contribution in [0.2, 0.25) is 0 Å². The zero-order valence-corrected chi connectivity index (χ0v) is 7.00. The summed E-state index contributed by atoms with van der Waals surface area (Å²) in [6, 6.07) is 0. The molecule has 74 valence electrons. The molecular weight excluding hydrogens is 176 g/mol. The molecule has 2 N–H and O–H groups in total. The number of hydrogen-bond donors (Lipinski definition) is 2. The molecule has 0 aromatic rings. The normalized spacial score (nSPS) is 11.5. The summed E-state index contributed by atoms with van der Waals surface area (Å²) in [4.78, 5) is 0. The summed E-state index contributed by atoms with van der Waals surface area (Å²) in [6.45, 7) is 0.192. The smallest absolute Gasteiger partial charge is 0.125 e. The van der Waals surface area contributed by atoms with Crippen LogP contribution in [0.15, 0.2) is 37.6 Å². The van der Waals surface area contributed by atoms with E-state index in [1.165, 1.54) is 25.0 Å². The Balaban J connectivity index is 3.22. The van der Waals surface area contributed by atoms with E-state index in [1.807, 2.05) is 0 Å². The van der Waals surface area contributed by atoms with Crippen molar-refractivity contribution in [3.05, 3.63) is 37.6 Å². The molecule has 0 aliphatic heterocycles. The molecule has 0 atom stereocenters. The quantitative estimate of drug-likeness (QED) is 0.460. The van der Waals surface area contributed by atoms with E-state index in [0.29, 0.717) is 0 Å². The van der Waals surface area contributed by atoms with Crippen LogP contribution in [0, 0.1) is 0 Å². The van der Waals surface area contributed by atoms with Crippen LogP contribution in [0.1, 0.15) is 0 Å². The molecule has 0 aliphatic carbocycles. The third-order valence-electron chi connectivity index (χ3n) is 0.792. The van der Waals surface area contributed by atoms with Crippen molar-refractivity contribution in [2.24, 2.45) is 0 Å². The van der Waals surface area contributed by atoms with Gasteiger partial charge in [-0.05, 0) is 0 Å².